The molecule has 2 rings (SSSR count). The van der Waals surface area contributed by atoms with Crippen LogP contribution in [0.2, 0.25) is 5.15 Å². The summed E-state index contributed by atoms with van der Waals surface area (Å²) in [5.74, 6) is -0.949. The molecule has 0 saturated carbocycles. The van der Waals surface area contributed by atoms with Gasteiger partial charge in [0.05, 0.1) is 18.9 Å². The molecular weight excluding hydrogens is 276 g/mol. The zero-order valence-electron chi connectivity index (χ0n) is 9.05. The standard InChI is InChI=1S/C10H9ClF4N2O/c11-9-8(12)6(1-2-16-9)17-3-4-18-5-7(17)10(13,14)15/h1-2,7H,3-5H2/t7-/m1/s1. The number of rotatable bonds is 1. The maximum absolute atomic E-state index is 13.7. The van der Waals surface area contributed by atoms with Crippen molar-refractivity contribution in [3.63, 3.8) is 0 Å². The highest BCUT2D eigenvalue weighted by atomic mass is 35.5. The first-order valence-corrected chi connectivity index (χ1v) is 5.50. The second-order valence-electron chi connectivity index (χ2n) is 3.76. The molecule has 0 aliphatic carbocycles. The number of halogens is 5. The van der Waals surface area contributed by atoms with E-state index in [9.17, 15) is 17.6 Å². The SMILES string of the molecule is Fc1c(N2CCOC[C@@H]2C(F)(F)F)ccnc1Cl. The van der Waals surface area contributed by atoms with Crippen LogP contribution in [0.3, 0.4) is 0 Å². The lowest BCUT2D eigenvalue weighted by Gasteiger charge is -2.38. The molecule has 1 aromatic heterocycles. The molecule has 18 heavy (non-hydrogen) atoms. The number of pyridine rings is 1. The Bertz CT molecular complexity index is 440. The summed E-state index contributed by atoms with van der Waals surface area (Å²) in [4.78, 5) is 4.38. The lowest BCUT2D eigenvalue weighted by atomic mass is 10.2. The average Bonchev–Trinajstić information content (AvgIpc) is 2.32. The topological polar surface area (TPSA) is 25.4 Å². The molecule has 2 heterocycles. The van der Waals surface area contributed by atoms with Gasteiger partial charge in [0.2, 0.25) is 0 Å². The maximum atomic E-state index is 13.7. The summed E-state index contributed by atoms with van der Waals surface area (Å²) in [6.45, 7) is -0.476. The van der Waals surface area contributed by atoms with Gasteiger partial charge in [-0.3, -0.25) is 0 Å². The van der Waals surface area contributed by atoms with E-state index in [1.54, 1.807) is 0 Å². The molecule has 1 aliphatic heterocycles. The van der Waals surface area contributed by atoms with Crippen LogP contribution < -0.4 is 4.90 Å². The van der Waals surface area contributed by atoms with E-state index < -0.39 is 29.8 Å². The molecular formula is C10H9ClF4N2O. The Kier molecular flexibility index (Phi) is 3.63. The largest absolute Gasteiger partial charge is 0.411 e. The molecule has 100 valence electrons. The van der Waals surface area contributed by atoms with E-state index in [0.29, 0.717) is 0 Å². The summed E-state index contributed by atoms with van der Waals surface area (Å²) in [5, 5.41) is -0.445. The van der Waals surface area contributed by atoms with Crippen molar-refractivity contribution in [3.8, 4) is 0 Å². The maximum Gasteiger partial charge on any atom is 0.411 e. The predicted octanol–water partition coefficient (Wildman–Crippen LogP) is 2.64. The van der Waals surface area contributed by atoms with Gasteiger partial charge in [-0.25, -0.2) is 9.37 Å². The Morgan fingerprint density at radius 3 is 2.83 bits per heavy atom. The fraction of sp³-hybridized carbons (Fsp3) is 0.500. The second-order valence-corrected chi connectivity index (χ2v) is 4.12. The van der Waals surface area contributed by atoms with Crippen LogP contribution in [0.4, 0.5) is 23.2 Å². The molecule has 0 N–H and O–H groups in total. The van der Waals surface area contributed by atoms with Crippen LogP contribution in [0.1, 0.15) is 0 Å². The Hall–Kier alpha value is -1.08. The van der Waals surface area contributed by atoms with Gasteiger partial charge in [-0.05, 0) is 6.07 Å². The van der Waals surface area contributed by atoms with Gasteiger partial charge in [-0.2, -0.15) is 13.2 Å². The smallest absolute Gasteiger partial charge is 0.377 e. The zero-order valence-corrected chi connectivity index (χ0v) is 9.80. The van der Waals surface area contributed by atoms with Gasteiger partial charge in [-0.15, -0.1) is 0 Å². The van der Waals surface area contributed by atoms with Crippen LogP contribution in [0.25, 0.3) is 0 Å². The van der Waals surface area contributed by atoms with Crippen LogP contribution in [0.15, 0.2) is 12.3 Å². The van der Waals surface area contributed by atoms with Crippen molar-refractivity contribution in [2.75, 3.05) is 24.7 Å². The number of hydrogen-bond acceptors (Lipinski definition) is 3. The second kappa shape index (κ2) is 4.89. The van der Waals surface area contributed by atoms with E-state index in [0.717, 1.165) is 4.90 Å². The van der Waals surface area contributed by atoms with Crippen LogP contribution >= 0.6 is 11.6 Å². The third kappa shape index (κ3) is 2.51. The minimum absolute atomic E-state index is 0.0541. The fourth-order valence-electron chi connectivity index (χ4n) is 1.79. The lowest BCUT2D eigenvalue weighted by Crippen LogP contribution is -2.53. The van der Waals surface area contributed by atoms with Gasteiger partial charge in [0.1, 0.15) is 6.04 Å². The van der Waals surface area contributed by atoms with E-state index in [1.165, 1.54) is 12.3 Å². The van der Waals surface area contributed by atoms with Gasteiger partial charge < -0.3 is 9.64 Å². The van der Waals surface area contributed by atoms with Gasteiger partial charge in [0, 0.05) is 12.7 Å². The monoisotopic (exact) mass is 284 g/mol. The summed E-state index contributed by atoms with van der Waals surface area (Å²) in [7, 11) is 0. The molecule has 1 fully saturated rings. The van der Waals surface area contributed by atoms with E-state index in [1.807, 2.05) is 0 Å². The molecule has 8 heteroatoms. The van der Waals surface area contributed by atoms with E-state index in [-0.39, 0.29) is 18.8 Å². The number of hydrogen-bond donors (Lipinski definition) is 0. The van der Waals surface area contributed by atoms with Gasteiger partial charge in [-0.1, -0.05) is 11.6 Å². The molecule has 1 aromatic rings. The van der Waals surface area contributed by atoms with E-state index in [2.05, 4.69) is 4.98 Å². The van der Waals surface area contributed by atoms with Crippen molar-refractivity contribution in [2.24, 2.45) is 0 Å². The van der Waals surface area contributed by atoms with Gasteiger partial charge in [0.25, 0.3) is 0 Å². The summed E-state index contributed by atoms with van der Waals surface area (Å²) < 4.78 is 57.0. The first-order valence-electron chi connectivity index (χ1n) is 5.12. The molecule has 1 saturated heterocycles. The van der Waals surface area contributed by atoms with Crippen LogP contribution in [0.5, 0.6) is 0 Å². The van der Waals surface area contributed by atoms with Crippen LogP contribution in [-0.4, -0.2) is 37.0 Å². The van der Waals surface area contributed by atoms with Crippen molar-refractivity contribution in [2.45, 2.75) is 12.2 Å². The highest BCUT2D eigenvalue weighted by Gasteiger charge is 2.46. The Morgan fingerprint density at radius 1 is 1.44 bits per heavy atom. The fourth-order valence-corrected chi connectivity index (χ4v) is 1.95. The van der Waals surface area contributed by atoms with E-state index in [4.69, 9.17) is 16.3 Å². The average molecular weight is 285 g/mol. The molecule has 1 atom stereocenters. The molecule has 0 aromatic carbocycles. The van der Waals surface area contributed by atoms with Crippen molar-refractivity contribution < 1.29 is 22.3 Å². The number of ether oxygens (including phenoxy) is 1. The predicted molar refractivity (Wildman–Crippen MR) is 57.2 cm³/mol. The number of nitrogens with zero attached hydrogens (tertiary/aromatic N) is 2. The minimum Gasteiger partial charge on any atom is -0.377 e. The van der Waals surface area contributed by atoms with Crippen molar-refractivity contribution >= 4 is 17.3 Å². The first-order chi connectivity index (χ1) is 8.41. The third-order valence-corrected chi connectivity index (χ3v) is 2.91. The molecule has 0 radical (unpaired) electrons. The zero-order chi connectivity index (χ0) is 13.3. The highest BCUT2D eigenvalue weighted by Crippen LogP contribution is 2.33. The number of alkyl halides is 3. The first kappa shape index (κ1) is 13.4. The summed E-state index contributed by atoms with van der Waals surface area (Å²) in [5.41, 5.74) is -0.208. The quantitative estimate of drug-likeness (QED) is 0.585. The summed E-state index contributed by atoms with van der Waals surface area (Å²) >= 11 is 5.47. The van der Waals surface area contributed by atoms with Crippen molar-refractivity contribution in [1.82, 2.24) is 4.98 Å². The van der Waals surface area contributed by atoms with Gasteiger partial charge >= 0.3 is 6.18 Å². The molecule has 1 aliphatic rings. The Labute approximate surface area is 105 Å². The van der Waals surface area contributed by atoms with Gasteiger partial charge in [0.15, 0.2) is 11.0 Å². The molecule has 0 unspecified atom stereocenters. The number of morpholine rings is 1. The number of aromatic nitrogens is 1. The molecule has 0 spiro atoms. The summed E-state index contributed by atoms with van der Waals surface area (Å²) in [6.07, 6.45) is -3.33. The summed E-state index contributed by atoms with van der Waals surface area (Å²) in [6, 6.07) is -0.704. The Morgan fingerprint density at radius 2 is 2.17 bits per heavy atom. The molecule has 0 amide bonds. The molecule has 3 nitrogen and oxygen atoms in total. The molecule has 0 bridgehead atoms. The normalized spacial score (nSPS) is 21.2. The minimum atomic E-state index is -4.50. The lowest BCUT2D eigenvalue weighted by molar-refractivity contribution is -0.167. The van der Waals surface area contributed by atoms with E-state index >= 15 is 0 Å². The highest BCUT2D eigenvalue weighted by molar-refractivity contribution is 6.29. The van der Waals surface area contributed by atoms with Crippen LogP contribution in [-0.2, 0) is 4.74 Å². The third-order valence-electron chi connectivity index (χ3n) is 2.64. The van der Waals surface area contributed by atoms with Crippen molar-refractivity contribution in [3.05, 3.63) is 23.2 Å². The van der Waals surface area contributed by atoms with Crippen LogP contribution in [0, 0.1) is 5.82 Å². The Balaban J connectivity index is 2.37. The van der Waals surface area contributed by atoms with Crippen molar-refractivity contribution in [1.29, 1.82) is 0 Å². The number of anilines is 1.